The lowest BCUT2D eigenvalue weighted by Gasteiger charge is -2.25. The Hall–Kier alpha value is -4.40. The van der Waals surface area contributed by atoms with Crippen LogP contribution in [0.5, 0.6) is 0 Å². The first-order valence-corrected chi connectivity index (χ1v) is 10.1. The molecule has 0 unspecified atom stereocenters. The van der Waals surface area contributed by atoms with Crippen LogP contribution in [0.4, 0.5) is 11.4 Å². The SMILES string of the molecule is CN(C)c1ccc([C@H]2C(=C(O)c3cccc([N+](=O)[O-])c3)C(=O)C(=O)N2Cc2ccco2)cc1. The van der Waals surface area contributed by atoms with Gasteiger partial charge in [-0.1, -0.05) is 24.3 Å². The number of hydrogen-bond acceptors (Lipinski definition) is 7. The summed E-state index contributed by atoms with van der Waals surface area (Å²) in [6.07, 6.45) is 1.47. The molecule has 1 aromatic heterocycles. The van der Waals surface area contributed by atoms with Crippen molar-refractivity contribution in [3.05, 3.63) is 99.5 Å². The van der Waals surface area contributed by atoms with Crippen LogP contribution in [0.3, 0.4) is 0 Å². The molecule has 0 aliphatic carbocycles. The van der Waals surface area contributed by atoms with Gasteiger partial charge in [0.15, 0.2) is 0 Å². The number of hydrogen-bond donors (Lipinski definition) is 1. The minimum absolute atomic E-state index is 0.0173. The predicted molar refractivity (Wildman–Crippen MR) is 120 cm³/mol. The number of amides is 1. The van der Waals surface area contributed by atoms with Gasteiger partial charge in [-0.2, -0.15) is 0 Å². The van der Waals surface area contributed by atoms with E-state index in [-0.39, 0.29) is 23.4 Å². The lowest BCUT2D eigenvalue weighted by atomic mass is 9.95. The van der Waals surface area contributed by atoms with Gasteiger partial charge in [0.1, 0.15) is 11.5 Å². The van der Waals surface area contributed by atoms with Gasteiger partial charge in [-0.15, -0.1) is 0 Å². The van der Waals surface area contributed by atoms with Crippen LogP contribution in [0.1, 0.15) is 22.9 Å². The number of ketones is 1. The molecule has 33 heavy (non-hydrogen) atoms. The summed E-state index contributed by atoms with van der Waals surface area (Å²) in [5.74, 6) is -1.66. The number of nitro benzene ring substituents is 1. The standard InChI is InChI=1S/C24H21N3O6/c1-25(2)17-10-8-15(9-11-17)21-20(22(28)16-5-3-6-18(13-16)27(31)32)23(29)24(30)26(21)14-19-7-4-12-33-19/h3-13,21,28H,14H2,1-2H3/t21-/m0/s1. The molecule has 0 bridgehead atoms. The molecule has 4 rings (SSSR count). The zero-order valence-electron chi connectivity index (χ0n) is 18.0. The van der Waals surface area contributed by atoms with Crippen molar-refractivity contribution in [1.82, 2.24) is 4.90 Å². The summed E-state index contributed by atoms with van der Waals surface area (Å²) in [6.45, 7) is 0.0173. The van der Waals surface area contributed by atoms with Gasteiger partial charge >= 0.3 is 0 Å². The summed E-state index contributed by atoms with van der Waals surface area (Å²) < 4.78 is 5.37. The molecule has 1 atom stereocenters. The Morgan fingerprint density at radius 2 is 1.85 bits per heavy atom. The maximum atomic E-state index is 13.1. The van der Waals surface area contributed by atoms with E-state index in [1.54, 1.807) is 24.3 Å². The van der Waals surface area contributed by atoms with Crippen LogP contribution in [0.25, 0.3) is 5.76 Å². The van der Waals surface area contributed by atoms with Crippen molar-refractivity contribution in [3.8, 4) is 0 Å². The molecule has 1 fully saturated rings. The van der Waals surface area contributed by atoms with E-state index in [9.17, 15) is 24.8 Å². The third kappa shape index (κ3) is 4.08. The number of carbonyl (C=O) groups is 2. The summed E-state index contributed by atoms with van der Waals surface area (Å²) in [7, 11) is 3.78. The van der Waals surface area contributed by atoms with E-state index in [0.717, 1.165) is 5.69 Å². The molecular weight excluding hydrogens is 426 g/mol. The Morgan fingerprint density at radius 1 is 1.12 bits per heavy atom. The molecule has 2 aromatic carbocycles. The van der Waals surface area contributed by atoms with Gasteiger partial charge < -0.3 is 19.3 Å². The summed E-state index contributed by atoms with van der Waals surface area (Å²) >= 11 is 0. The second-order valence-corrected chi connectivity index (χ2v) is 7.80. The predicted octanol–water partition coefficient (Wildman–Crippen LogP) is 3.88. The largest absolute Gasteiger partial charge is 0.507 e. The average molecular weight is 447 g/mol. The highest BCUT2D eigenvalue weighted by Crippen LogP contribution is 2.41. The number of aliphatic hydroxyl groups is 1. The van der Waals surface area contributed by atoms with Crippen molar-refractivity contribution in [3.63, 3.8) is 0 Å². The van der Waals surface area contributed by atoms with Gasteiger partial charge in [0, 0.05) is 37.5 Å². The fraction of sp³-hybridized carbons (Fsp3) is 0.167. The molecule has 168 valence electrons. The van der Waals surface area contributed by atoms with Gasteiger partial charge in [0.2, 0.25) is 0 Å². The van der Waals surface area contributed by atoms with Gasteiger partial charge in [0.05, 0.1) is 29.3 Å². The van der Waals surface area contributed by atoms with Gasteiger partial charge in [-0.3, -0.25) is 19.7 Å². The third-order valence-electron chi connectivity index (χ3n) is 5.50. The molecule has 9 nitrogen and oxygen atoms in total. The van der Waals surface area contributed by atoms with E-state index < -0.39 is 28.4 Å². The Bertz CT molecular complexity index is 1250. The molecule has 1 aliphatic heterocycles. The lowest BCUT2D eigenvalue weighted by Crippen LogP contribution is -2.29. The van der Waals surface area contributed by atoms with E-state index in [1.807, 2.05) is 31.1 Å². The number of rotatable bonds is 6. The van der Waals surface area contributed by atoms with Crippen LogP contribution in [-0.4, -0.2) is 40.7 Å². The molecule has 0 spiro atoms. The minimum atomic E-state index is -0.898. The zero-order valence-corrected chi connectivity index (χ0v) is 18.0. The second kappa shape index (κ2) is 8.62. The number of furan rings is 1. The highest BCUT2D eigenvalue weighted by molar-refractivity contribution is 6.46. The van der Waals surface area contributed by atoms with Crippen molar-refractivity contribution < 1.29 is 24.0 Å². The van der Waals surface area contributed by atoms with Crippen LogP contribution in [0.2, 0.25) is 0 Å². The van der Waals surface area contributed by atoms with Gasteiger partial charge in [0.25, 0.3) is 17.4 Å². The zero-order chi connectivity index (χ0) is 23.7. The maximum absolute atomic E-state index is 13.1. The Balaban J connectivity index is 1.86. The van der Waals surface area contributed by atoms with Crippen molar-refractivity contribution in [2.75, 3.05) is 19.0 Å². The maximum Gasteiger partial charge on any atom is 0.296 e. The average Bonchev–Trinajstić information content (AvgIpc) is 3.41. The summed E-state index contributed by atoms with van der Waals surface area (Å²) in [4.78, 5) is 39.9. The number of non-ortho nitro benzene ring substituents is 1. The van der Waals surface area contributed by atoms with E-state index in [1.165, 1.54) is 35.4 Å². The van der Waals surface area contributed by atoms with E-state index >= 15 is 0 Å². The first-order chi connectivity index (χ1) is 15.8. The fourth-order valence-electron chi connectivity index (χ4n) is 3.84. The summed E-state index contributed by atoms with van der Waals surface area (Å²) in [6, 6.07) is 15.0. The summed E-state index contributed by atoms with van der Waals surface area (Å²) in [5.41, 5.74) is 1.23. The van der Waals surface area contributed by atoms with Crippen LogP contribution in [0, 0.1) is 10.1 Å². The number of aliphatic hydroxyl groups excluding tert-OH is 1. The van der Waals surface area contributed by atoms with Crippen LogP contribution in [-0.2, 0) is 16.1 Å². The van der Waals surface area contributed by atoms with Crippen molar-refractivity contribution in [2.24, 2.45) is 0 Å². The van der Waals surface area contributed by atoms with Crippen molar-refractivity contribution in [1.29, 1.82) is 0 Å². The molecule has 2 heterocycles. The molecule has 1 aliphatic rings. The smallest absolute Gasteiger partial charge is 0.296 e. The number of nitro groups is 1. The van der Waals surface area contributed by atoms with Gasteiger partial charge in [-0.25, -0.2) is 0 Å². The quantitative estimate of drug-likeness (QED) is 0.200. The molecule has 1 amide bonds. The Kier molecular flexibility index (Phi) is 5.70. The molecule has 3 aromatic rings. The topological polar surface area (TPSA) is 117 Å². The Labute approximate surface area is 189 Å². The molecule has 0 saturated carbocycles. The van der Waals surface area contributed by atoms with Crippen molar-refractivity contribution in [2.45, 2.75) is 12.6 Å². The number of nitrogens with zero attached hydrogens (tertiary/aromatic N) is 3. The Morgan fingerprint density at radius 3 is 2.45 bits per heavy atom. The molecule has 0 radical (unpaired) electrons. The third-order valence-corrected chi connectivity index (χ3v) is 5.50. The van der Waals surface area contributed by atoms with Crippen molar-refractivity contribution >= 4 is 28.8 Å². The van der Waals surface area contributed by atoms with E-state index in [4.69, 9.17) is 4.42 Å². The first-order valence-electron chi connectivity index (χ1n) is 10.1. The lowest BCUT2D eigenvalue weighted by molar-refractivity contribution is -0.384. The fourth-order valence-corrected chi connectivity index (χ4v) is 3.84. The van der Waals surface area contributed by atoms with Gasteiger partial charge in [-0.05, 0) is 29.8 Å². The normalized spacial score (nSPS) is 17.4. The van der Waals surface area contributed by atoms with E-state index in [0.29, 0.717) is 11.3 Å². The number of Topliss-reactive ketones (excluding diaryl/α,β-unsaturated/α-hetero) is 1. The number of likely N-dealkylation sites (tertiary alicyclic amines) is 1. The van der Waals surface area contributed by atoms with Crippen LogP contribution >= 0.6 is 0 Å². The first kappa shape index (κ1) is 21.8. The number of anilines is 1. The van der Waals surface area contributed by atoms with E-state index in [2.05, 4.69) is 0 Å². The highest BCUT2D eigenvalue weighted by atomic mass is 16.6. The van der Waals surface area contributed by atoms with Crippen LogP contribution in [0.15, 0.2) is 76.9 Å². The molecule has 1 N–H and O–H groups in total. The molecular formula is C24H21N3O6. The monoisotopic (exact) mass is 447 g/mol. The number of benzene rings is 2. The summed E-state index contributed by atoms with van der Waals surface area (Å²) in [5, 5.41) is 22.2. The molecule has 1 saturated heterocycles. The number of carbonyl (C=O) groups excluding carboxylic acids is 2. The minimum Gasteiger partial charge on any atom is -0.507 e. The van der Waals surface area contributed by atoms with Crippen LogP contribution < -0.4 is 4.90 Å². The second-order valence-electron chi connectivity index (χ2n) is 7.80. The molecule has 9 heteroatoms. The highest BCUT2D eigenvalue weighted by Gasteiger charge is 2.46.